The zero-order chi connectivity index (χ0) is 38.6. The van der Waals surface area contributed by atoms with E-state index in [1.807, 2.05) is 6.08 Å². The van der Waals surface area contributed by atoms with Crippen LogP contribution in [0.1, 0.15) is 264 Å². The molecule has 0 aliphatic heterocycles. The minimum Gasteiger partial charge on any atom is -0.394 e. The highest BCUT2D eigenvalue weighted by molar-refractivity contribution is 5.76. The maximum Gasteiger partial charge on any atom is 0.220 e. The summed E-state index contributed by atoms with van der Waals surface area (Å²) in [6.07, 6.45) is 58.9. The van der Waals surface area contributed by atoms with E-state index >= 15 is 0 Å². The number of amides is 1. The van der Waals surface area contributed by atoms with Gasteiger partial charge in [0.05, 0.1) is 18.8 Å². The molecular weight excluding hydrogens is 651 g/mol. The third kappa shape index (κ3) is 41.9. The van der Waals surface area contributed by atoms with Gasteiger partial charge >= 0.3 is 0 Å². The van der Waals surface area contributed by atoms with E-state index in [1.165, 1.54) is 212 Å². The molecule has 2 atom stereocenters. The molecule has 0 aromatic heterocycles. The number of hydrogen-bond acceptors (Lipinski definition) is 3. The zero-order valence-electron chi connectivity index (χ0n) is 36.1. The maximum atomic E-state index is 12.4. The molecular formula is C49H95NO3. The Balaban J connectivity index is 3.51. The van der Waals surface area contributed by atoms with Gasteiger partial charge in [-0.15, -0.1) is 0 Å². The van der Waals surface area contributed by atoms with Gasteiger partial charge in [0.1, 0.15) is 0 Å². The third-order valence-corrected chi connectivity index (χ3v) is 11.2. The first-order valence-electron chi connectivity index (χ1n) is 24.1. The fourth-order valence-corrected chi connectivity index (χ4v) is 7.49. The molecule has 0 bridgehead atoms. The first kappa shape index (κ1) is 51.9. The third-order valence-electron chi connectivity index (χ3n) is 11.2. The quantitative estimate of drug-likeness (QED) is 0.0430. The van der Waals surface area contributed by atoms with Gasteiger partial charge in [-0.1, -0.05) is 250 Å². The molecule has 0 heterocycles. The van der Waals surface area contributed by atoms with Gasteiger partial charge in [0.15, 0.2) is 0 Å². The Morgan fingerprint density at radius 2 is 0.736 bits per heavy atom. The van der Waals surface area contributed by atoms with E-state index in [0.29, 0.717) is 6.42 Å². The lowest BCUT2D eigenvalue weighted by atomic mass is 10.0. The molecule has 314 valence electrons. The highest BCUT2D eigenvalue weighted by Gasteiger charge is 2.17. The Bertz CT molecular complexity index is 765. The number of nitrogens with one attached hydrogen (secondary N) is 1. The van der Waals surface area contributed by atoms with Crippen molar-refractivity contribution in [3.05, 3.63) is 24.3 Å². The highest BCUT2D eigenvalue weighted by Crippen LogP contribution is 2.16. The van der Waals surface area contributed by atoms with E-state index in [1.54, 1.807) is 6.08 Å². The van der Waals surface area contributed by atoms with Gasteiger partial charge in [0, 0.05) is 6.42 Å². The second-order valence-corrected chi connectivity index (χ2v) is 16.5. The molecule has 0 aromatic rings. The molecule has 0 fully saturated rings. The molecule has 0 saturated carbocycles. The van der Waals surface area contributed by atoms with Gasteiger partial charge in [-0.2, -0.15) is 0 Å². The molecule has 0 aromatic carbocycles. The maximum absolute atomic E-state index is 12.4. The number of carbonyl (C=O) groups is 1. The summed E-state index contributed by atoms with van der Waals surface area (Å²) >= 11 is 0. The summed E-state index contributed by atoms with van der Waals surface area (Å²) in [4.78, 5) is 12.4. The first-order valence-corrected chi connectivity index (χ1v) is 24.1. The van der Waals surface area contributed by atoms with Gasteiger partial charge in [-0.25, -0.2) is 0 Å². The minimum absolute atomic E-state index is 0.0714. The van der Waals surface area contributed by atoms with E-state index in [2.05, 4.69) is 31.3 Å². The minimum atomic E-state index is -0.858. The molecule has 0 spiro atoms. The van der Waals surface area contributed by atoms with Crippen LogP contribution in [-0.2, 0) is 4.79 Å². The Labute approximate surface area is 332 Å². The number of aliphatic hydroxyl groups excluding tert-OH is 2. The molecule has 0 saturated heterocycles. The number of rotatable bonds is 44. The molecule has 0 aliphatic carbocycles. The molecule has 2 unspecified atom stereocenters. The molecule has 0 rings (SSSR count). The van der Waals surface area contributed by atoms with Crippen LogP contribution in [0, 0.1) is 0 Å². The van der Waals surface area contributed by atoms with Crippen molar-refractivity contribution in [1.82, 2.24) is 5.32 Å². The molecule has 0 aliphatic rings. The standard InChI is InChI=1S/C49H95NO3/c1-3-5-7-9-11-13-15-17-18-19-20-21-22-23-24-25-26-27-28-29-30-31-33-34-36-38-40-42-44-48(52)47(46-51)50-49(53)45-43-41-39-37-35-32-16-14-12-10-8-6-4-2/h34,36,42,44,47-48,51-52H,3-33,35,37-41,43,45-46H2,1-2H3,(H,50,53)/b36-34+,44-42+. The summed E-state index contributed by atoms with van der Waals surface area (Å²) in [6.45, 7) is 4.31. The van der Waals surface area contributed by atoms with E-state index in [-0.39, 0.29) is 12.5 Å². The van der Waals surface area contributed by atoms with Crippen LogP contribution in [0.3, 0.4) is 0 Å². The largest absolute Gasteiger partial charge is 0.394 e. The molecule has 4 heteroatoms. The second-order valence-electron chi connectivity index (χ2n) is 16.5. The number of hydrogen-bond donors (Lipinski definition) is 3. The number of carbonyl (C=O) groups excluding carboxylic acids is 1. The normalized spacial score (nSPS) is 13.1. The van der Waals surface area contributed by atoms with Gasteiger partial charge in [-0.3, -0.25) is 4.79 Å². The van der Waals surface area contributed by atoms with Crippen molar-refractivity contribution >= 4 is 5.91 Å². The summed E-state index contributed by atoms with van der Waals surface area (Å²) in [5.74, 6) is -0.0714. The molecule has 53 heavy (non-hydrogen) atoms. The van der Waals surface area contributed by atoms with Crippen molar-refractivity contribution in [2.24, 2.45) is 0 Å². The topological polar surface area (TPSA) is 69.6 Å². The van der Waals surface area contributed by atoms with Crippen molar-refractivity contribution in [1.29, 1.82) is 0 Å². The predicted molar refractivity (Wildman–Crippen MR) is 235 cm³/mol. The van der Waals surface area contributed by atoms with Crippen molar-refractivity contribution in [2.75, 3.05) is 6.61 Å². The summed E-state index contributed by atoms with van der Waals surface area (Å²) in [5, 5.41) is 23.0. The van der Waals surface area contributed by atoms with Crippen molar-refractivity contribution in [3.63, 3.8) is 0 Å². The van der Waals surface area contributed by atoms with Crippen LogP contribution in [0.15, 0.2) is 24.3 Å². The van der Waals surface area contributed by atoms with E-state index in [0.717, 1.165) is 32.1 Å². The monoisotopic (exact) mass is 746 g/mol. The van der Waals surface area contributed by atoms with Crippen LogP contribution in [0.4, 0.5) is 0 Å². The summed E-state index contributed by atoms with van der Waals surface area (Å²) in [5.41, 5.74) is 0. The fourth-order valence-electron chi connectivity index (χ4n) is 7.49. The predicted octanol–water partition coefficient (Wildman–Crippen LogP) is 15.2. The lowest BCUT2D eigenvalue weighted by Crippen LogP contribution is -2.45. The summed E-state index contributed by atoms with van der Waals surface area (Å²) < 4.78 is 0. The highest BCUT2D eigenvalue weighted by atomic mass is 16.3. The van der Waals surface area contributed by atoms with Crippen LogP contribution >= 0.6 is 0 Å². The molecule has 1 amide bonds. The number of aliphatic hydroxyl groups is 2. The van der Waals surface area contributed by atoms with Crippen LogP contribution < -0.4 is 5.32 Å². The Morgan fingerprint density at radius 1 is 0.434 bits per heavy atom. The first-order chi connectivity index (χ1) is 26.2. The van der Waals surface area contributed by atoms with Gasteiger partial charge in [-0.05, 0) is 32.1 Å². The molecule has 0 radical (unpaired) electrons. The molecule has 4 nitrogen and oxygen atoms in total. The summed E-state index contributed by atoms with van der Waals surface area (Å²) in [6, 6.07) is -0.634. The Kier molecular flexibility index (Phi) is 44.3. The van der Waals surface area contributed by atoms with E-state index in [4.69, 9.17) is 0 Å². The van der Waals surface area contributed by atoms with Crippen LogP contribution in [0.5, 0.6) is 0 Å². The number of allylic oxidation sites excluding steroid dienone is 3. The SMILES string of the molecule is CCCCCCCCCCCCCCCCCCCCCCCC/C=C/CC/C=C/C(O)C(CO)NC(=O)CCCCCCCCCCCCCCC. The van der Waals surface area contributed by atoms with Crippen molar-refractivity contribution in [3.8, 4) is 0 Å². The van der Waals surface area contributed by atoms with Crippen LogP contribution in [0.25, 0.3) is 0 Å². The average molecular weight is 746 g/mol. The van der Waals surface area contributed by atoms with Crippen molar-refractivity contribution < 1.29 is 15.0 Å². The fraction of sp³-hybridized carbons (Fsp3) is 0.898. The second kappa shape index (κ2) is 45.3. The zero-order valence-corrected chi connectivity index (χ0v) is 36.1. The lowest BCUT2D eigenvalue weighted by molar-refractivity contribution is -0.123. The van der Waals surface area contributed by atoms with Gasteiger partial charge in [0.25, 0.3) is 0 Å². The van der Waals surface area contributed by atoms with Gasteiger partial charge in [0.2, 0.25) is 5.91 Å². The average Bonchev–Trinajstić information content (AvgIpc) is 3.16. The smallest absolute Gasteiger partial charge is 0.220 e. The van der Waals surface area contributed by atoms with Gasteiger partial charge < -0.3 is 15.5 Å². The Hall–Kier alpha value is -1.13. The van der Waals surface area contributed by atoms with E-state index in [9.17, 15) is 15.0 Å². The lowest BCUT2D eigenvalue weighted by Gasteiger charge is -2.19. The summed E-state index contributed by atoms with van der Waals surface area (Å²) in [7, 11) is 0. The van der Waals surface area contributed by atoms with Crippen LogP contribution in [0.2, 0.25) is 0 Å². The van der Waals surface area contributed by atoms with Crippen LogP contribution in [-0.4, -0.2) is 34.9 Å². The molecule has 3 N–H and O–H groups in total. The van der Waals surface area contributed by atoms with E-state index < -0.39 is 12.1 Å². The van der Waals surface area contributed by atoms with Crippen molar-refractivity contribution in [2.45, 2.75) is 276 Å². The Morgan fingerprint density at radius 3 is 1.09 bits per heavy atom. The number of unbranched alkanes of at least 4 members (excludes halogenated alkanes) is 35.